The summed E-state index contributed by atoms with van der Waals surface area (Å²) < 4.78 is 0. The molecule has 5 heteroatoms. The SMILES string of the molecule is C[C@H](Nc1cc(-c2cc(N3C[C@@H]4C[C@H]3CN4)c3ccccc3n2)ccn1)c1ccccc1. The van der Waals surface area contributed by atoms with Crippen LogP contribution in [0, 0.1) is 0 Å². The van der Waals surface area contributed by atoms with Gasteiger partial charge in [-0.1, -0.05) is 48.5 Å². The van der Waals surface area contributed by atoms with Crippen LogP contribution in [-0.4, -0.2) is 35.1 Å². The molecule has 6 rings (SSSR count). The molecular formula is C27H27N5. The van der Waals surface area contributed by atoms with Crippen molar-refractivity contribution in [2.45, 2.75) is 31.5 Å². The van der Waals surface area contributed by atoms with Gasteiger partial charge >= 0.3 is 0 Å². The zero-order valence-electron chi connectivity index (χ0n) is 18.2. The molecule has 2 aliphatic rings. The molecule has 2 saturated heterocycles. The molecule has 2 N–H and O–H groups in total. The molecule has 5 nitrogen and oxygen atoms in total. The van der Waals surface area contributed by atoms with Crippen LogP contribution in [0.5, 0.6) is 0 Å². The van der Waals surface area contributed by atoms with Crippen molar-refractivity contribution in [3.63, 3.8) is 0 Å². The molecule has 0 spiro atoms. The molecule has 2 bridgehead atoms. The maximum absolute atomic E-state index is 5.02. The summed E-state index contributed by atoms with van der Waals surface area (Å²) in [5.41, 5.74) is 5.65. The van der Waals surface area contributed by atoms with E-state index in [1.165, 1.54) is 23.1 Å². The first kappa shape index (κ1) is 19.3. The van der Waals surface area contributed by atoms with Gasteiger partial charge in [-0.2, -0.15) is 0 Å². The number of anilines is 2. The third kappa shape index (κ3) is 3.49. The topological polar surface area (TPSA) is 53.1 Å². The van der Waals surface area contributed by atoms with Crippen molar-refractivity contribution >= 4 is 22.4 Å². The summed E-state index contributed by atoms with van der Waals surface area (Å²) in [4.78, 5) is 12.2. The van der Waals surface area contributed by atoms with Gasteiger partial charge in [0.05, 0.1) is 11.2 Å². The number of nitrogens with one attached hydrogen (secondary N) is 2. The number of hydrogen-bond acceptors (Lipinski definition) is 5. The van der Waals surface area contributed by atoms with Crippen molar-refractivity contribution in [3.05, 3.63) is 84.6 Å². The molecular weight excluding hydrogens is 394 g/mol. The van der Waals surface area contributed by atoms with Crippen LogP contribution in [0.3, 0.4) is 0 Å². The lowest BCUT2D eigenvalue weighted by Gasteiger charge is -2.31. The lowest BCUT2D eigenvalue weighted by molar-refractivity contribution is 0.581. The maximum atomic E-state index is 5.02. The summed E-state index contributed by atoms with van der Waals surface area (Å²) in [6.45, 7) is 4.29. The minimum absolute atomic E-state index is 0.173. The first-order valence-corrected chi connectivity index (χ1v) is 11.4. The Hall–Kier alpha value is -3.44. The number of rotatable bonds is 5. The minimum Gasteiger partial charge on any atom is -0.365 e. The molecule has 4 heterocycles. The predicted molar refractivity (Wildman–Crippen MR) is 131 cm³/mol. The van der Waals surface area contributed by atoms with Crippen LogP contribution in [-0.2, 0) is 0 Å². The monoisotopic (exact) mass is 421 g/mol. The smallest absolute Gasteiger partial charge is 0.127 e. The van der Waals surface area contributed by atoms with E-state index in [1.54, 1.807) is 0 Å². The van der Waals surface area contributed by atoms with Crippen LogP contribution < -0.4 is 15.5 Å². The number of para-hydroxylation sites is 1. The molecule has 4 aromatic rings. The van der Waals surface area contributed by atoms with Crippen molar-refractivity contribution in [2.75, 3.05) is 23.3 Å². The Bertz CT molecular complexity index is 1260. The highest BCUT2D eigenvalue weighted by atomic mass is 15.3. The molecule has 0 saturated carbocycles. The van der Waals surface area contributed by atoms with Gasteiger partial charge in [0.15, 0.2) is 0 Å². The molecule has 0 aliphatic carbocycles. The predicted octanol–water partition coefficient (Wildman–Crippen LogP) is 5.02. The average molecular weight is 422 g/mol. The van der Waals surface area contributed by atoms with E-state index in [9.17, 15) is 0 Å². The normalized spacial score (nSPS) is 20.6. The Morgan fingerprint density at radius 1 is 1.03 bits per heavy atom. The van der Waals surface area contributed by atoms with Gasteiger partial charge < -0.3 is 15.5 Å². The largest absolute Gasteiger partial charge is 0.365 e. The van der Waals surface area contributed by atoms with Crippen LogP contribution in [0.1, 0.15) is 24.9 Å². The second-order valence-electron chi connectivity index (χ2n) is 8.90. The molecule has 2 aromatic carbocycles. The number of piperazine rings is 1. The van der Waals surface area contributed by atoms with Crippen molar-refractivity contribution in [2.24, 2.45) is 0 Å². The number of benzene rings is 2. The van der Waals surface area contributed by atoms with E-state index >= 15 is 0 Å². The van der Waals surface area contributed by atoms with Crippen LogP contribution in [0.4, 0.5) is 11.5 Å². The first-order chi connectivity index (χ1) is 15.7. The average Bonchev–Trinajstić information content (AvgIpc) is 3.48. The number of hydrogen-bond donors (Lipinski definition) is 2. The summed E-state index contributed by atoms with van der Waals surface area (Å²) in [6, 6.07) is 26.7. The Morgan fingerprint density at radius 2 is 1.88 bits per heavy atom. The lowest BCUT2D eigenvalue weighted by Crippen LogP contribution is -2.43. The van der Waals surface area contributed by atoms with Gasteiger partial charge in [0.2, 0.25) is 0 Å². The summed E-state index contributed by atoms with van der Waals surface area (Å²) in [6.07, 6.45) is 3.10. The Balaban J connectivity index is 1.36. The molecule has 2 aliphatic heterocycles. The number of fused-ring (bicyclic) bond motifs is 3. The Labute approximate surface area is 188 Å². The molecule has 160 valence electrons. The van der Waals surface area contributed by atoms with Gasteiger partial charge in [-0.25, -0.2) is 9.97 Å². The van der Waals surface area contributed by atoms with Gasteiger partial charge in [-0.15, -0.1) is 0 Å². The quantitative estimate of drug-likeness (QED) is 0.474. The molecule has 2 fully saturated rings. The number of aromatic nitrogens is 2. The molecule has 0 unspecified atom stereocenters. The summed E-state index contributed by atoms with van der Waals surface area (Å²) in [5.74, 6) is 0.861. The molecule has 0 amide bonds. The van der Waals surface area contributed by atoms with E-state index < -0.39 is 0 Å². The van der Waals surface area contributed by atoms with Gasteiger partial charge in [0, 0.05) is 54.0 Å². The molecule has 0 radical (unpaired) electrons. The van der Waals surface area contributed by atoms with Crippen LogP contribution in [0.15, 0.2) is 79.0 Å². The van der Waals surface area contributed by atoms with Crippen molar-refractivity contribution in [3.8, 4) is 11.3 Å². The second-order valence-corrected chi connectivity index (χ2v) is 8.90. The molecule has 2 aromatic heterocycles. The van der Waals surface area contributed by atoms with Gasteiger partial charge in [0.25, 0.3) is 0 Å². The zero-order chi connectivity index (χ0) is 21.5. The summed E-state index contributed by atoms with van der Waals surface area (Å²) in [7, 11) is 0. The third-order valence-electron chi connectivity index (χ3n) is 6.78. The van der Waals surface area contributed by atoms with Crippen LogP contribution in [0.25, 0.3) is 22.2 Å². The Kier molecular flexibility index (Phi) is 4.76. The minimum atomic E-state index is 0.173. The first-order valence-electron chi connectivity index (χ1n) is 11.4. The van der Waals surface area contributed by atoms with Crippen LogP contribution >= 0.6 is 0 Å². The lowest BCUT2D eigenvalue weighted by atomic mass is 10.1. The third-order valence-corrected chi connectivity index (χ3v) is 6.78. The van der Waals surface area contributed by atoms with Crippen molar-refractivity contribution < 1.29 is 0 Å². The second kappa shape index (κ2) is 7.92. The van der Waals surface area contributed by atoms with E-state index in [4.69, 9.17) is 4.98 Å². The fourth-order valence-electron chi connectivity index (χ4n) is 5.11. The maximum Gasteiger partial charge on any atom is 0.127 e. The molecule has 32 heavy (non-hydrogen) atoms. The number of nitrogens with zero attached hydrogens (tertiary/aromatic N) is 3. The van der Waals surface area contributed by atoms with E-state index in [2.05, 4.69) is 94.2 Å². The highest BCUT2D eigenvalue weighted by Gasteiger charge is 2.38. The Morgan fingerprint density at radius 3 is 2.69 bits per heavy atom. The fourth-order valence-corrected chi connectivity index (χ4v) is 5.11. The summed E-state index contributed by atoms with van der Waals surface area (Å²) >= 11 is 0. The number of pyridine rings is 2. The van der Waals surface area contributed by atoms with Gasteiger partial charge in [0.1, 0.15) is 5.82 Å². The van der Waals surface area contributed by atoms with Gasteiger partial charge in [-0.3, -0.25) is 0 Å². The van der Waals surface area contributed by atoms with Crippen molar-refractivity contribution in [1.29, 1.82) is 0 Å². The summed E-state index contributed by atoms with van der Waals surface area (Å²) in [5, 5.41) is 8.39. The highest BCUT2D eigenvalue weighted by Crippen LogP contribution is 2.37. The van der Waals surface area contributed by atoms with E-state index in [1.807, 2.05) is 12.3 Å². The van der Waals surface area contributed by atoms with Gasteiger partial charge in [-0.05, 0) is 43.2 Å². The molecule has 3 atom stereocenters. The standard InChI is InChI=1S/C27H27N5/c1-18(19-7-3-2-4-8-19)30-27-13-20(11-12-28-27)25-15-26(23-9-5-6-10-24(23)31-25)32-17-21-14-22(32)16-29-21/h2-13,15,18,21-22,29H,14,16-17H2,1H3,(H,28,30)/t18-,21-,22-/m0/s1. The van der Waals surface area contributed by atoms with Crippen molar-refractivity contribution in [1.82, 2.24) is 15.3 Å². The fraction of sp³-hybridized carbons (Fsp3) is 0.259. The highest BCUT2D eigenvalue weighted by molar-refractivity contribution is 5.94. The van der Waals surface area contributed by atoms with Crippen LogP contribution in [0.2, 0.25) is 0 Å². The zero-order valence-corrected chi connectivity index (χ0v) is 18.2. The van der Waals surface area contributed by atoms with E-state index in [0.29, 0.717) is 12.1 Å². The van der Waals surface area contributed by atoms with E-state index in [-0.39, 0.29) is 6.04 Å². The van der Waals surface area contributed by atoms with E-state index in [0.717, 1.165) is 35.7 Å².